The van der Waals surface area contributed by atoms with Crippen molar-refractivity contribution < 1.29 is 4.79 Å². The fourth-order valence-electron chi connectivity index (χ4n) is 1.20. The molecule has 1 atom stereocenters. The van der Waals surface area contributed by atoms with Crippen molar-refractivity contribution in [1.29, 1.82) is 0 Å². The molecule has 1 aliphatic rings. The maximum absolute atomic E-state index is 11.3. The van der Waals surface area contributed by atoms with Crippen molar-refractivity contribution in [3.05, 3.63) is 0 Å². The number of hydrogen-bond donors (Lipinski definition) is 1. The van der Waals surface area contributed by atoms with Gasteiger partial charge >= 0.3 is 0 Å². The van der Waals surface area contributed by atoms with Crippen LogP contribution >= 0.6 is 35.1 Å². The zero-order valence-corrected chi connectivity index (χ0v) is 10.5. The molecule has 0 aliphatic carbocycles. The molecule has 82 valence electrons. The van der Waals surface area contributed by atoms with Crippen LogP contribution in [0.4, 0.5) is 0 Å². The molecule has 0 spiro atoms. The zero-order chi connectivity index (χ0) is 10.2. The van der Waals surface area contributed by atoms with Gasteiger partial charge in [0.05, 0.1) is 0 Å². The van der Waals surface area contributed by atoms with Gasteiger partial charge in [0.25, 0.3) is 0 Å². The molecule has 0 aromatic rings. The molecule has 1 heterocycles. The molecular weight excluding hydrogens is 238 g/mol. The third-order valence-corrected chi connectivity index (χ3v) is 5.06. The van der Waals surface area contributed by atoms with E-state index >= 15 is 0 Å². The molecule has 5 heteroatoms. The SMILES string of the molecule is O=C(CCCCl)NCC1CSCCS1. The molecule has 0 bridgehead atoms. The lowest BCUT2D eigenvalue weighted by Gasteiger charge is -2.21. The third kappa shape index (κ3) is 5.37. The van der Waals surface area contributed by atoms with E-state index < -0.39 is 0 Å². The number of alkyl halides is 1. The van der Waals surface area contributed by atoms with E-state index in [1.807, 2.05) is 23.5 Å². The molecule has 1 N–H and O–H groups in total. The standard InChI is InChI=1S/C9H16ClNOS2/c10-3-1-2-9(12)11-6-8-7-13-4-5-14-8/h8H,1-7H2,(H,11,12). The van der Waals surface area contributed by atoms with Crippen LogP contribution in [-0.4, -0.2) is 40.8 Å². The summed E-state index contributed by atoms with van der Waals surface area (Å²) >= 11 is 9.45. The Balaban J connectivity index is 2.03. The molecule has 0 saturated carbocycles. The number of halogens is 1. The summed E-state index contributed by atoms with van der Waals surface area (Å²) in [5, 5.41) is 3.56. The zero-order valence-electron chi connectivity index (χ0n) is 8.13. The quantitative estimate of drug-likeness (QED) is 0.760. The largest absolute Gasteiger partial charge is 0.355 e. The summed E-state index contributed by atoms with van der Waals surface area (Å²) < 4.78 is 0. The van der Waals surface area contributed by atoms with Gasteiger partial charge in [-0.2, -0.15) is 23.5 Å². The van der Waals surface area contributed by atoms with E-state index in [0.717, 1.165) is 13.0 Å². The minimum absolute atomic E-state index is 0.141. The van der Waals surface area contributed by atoms with Crippen LogP contribution in [0.5, 0.6) is 0 Å². The summed E-state index contributed by atoms with van der Waals surface area (Å²) in [5.74, 6) is 4.35. The molecule has 2 nitrogen and oxygen atoms in total. The van der Waals surface area contributed by atoms with Crippen LogP contribution in [0.1, 0.15) is 12.8 Å². The lowest BCUT2D eigenvalue weighted by Crippen LogP contribution is -2.33. The molecule has 0 aromatic carbocycles. The van der Waals surface area contributed by atoms with Crippen LogP contribution in [0.25, 0.3) is 0 Å². The summed E-state index contributed by atoms with van der Waals surface area (Å²) in [4.78, 5) is 11.3. The smallest absolute Gasteiger partial charge is 0.220 e. The molecule has 1 rings (SSSR count). The number of thioether (sulfide) groups is 2. The predicted octanol–water partition coefficient (Wildman–Crippen LogP) is 1.97. The molecule has 1 saturated heterocycles. The fourth-order valence-corrected chi connectivity index (χ4v) is 3.94. The topological polar surface area (TPSA) is 29.1 Å². The first kappa shape index (κ1) is 12.5. The number of carbonyl (C=O) groups excluding carboxylic acids is 1. The van der Waals surface area contributed by atoms with E-state index in [4.69, 9.17) is 11.6 Å². The molecule has 1 aliphatic heterocycles. The lowest BCUT2D eigenvalue weighted by atomic mass is 10.3. The number of nitrogens with one attached hydrogen (secondary N) is 1. The van der Waals surface area contributed by atoms with Crippen molar-refractivity contribution >= 4 is 41.0 Å². The molecule has 0 aromatic heterocycles. The van der Waals surface area contributed by atoms with Crippen LogP contribution in [0, 0.1) is 0 Å². The number of amides is 1. The van der Waals surface area contributed by atoms with Crippen LogP contribution in [-0.2, 0) is 4.79 Å². The summed E-state index contributed by atoms with van der Waals surface area (Å²) in [6.07, 6.45) is 1.34. The van der Waals surface area contributed by atoms with Crippen LogP contribution in [0.15, 0.2) is 0 Å². The van der Waals surface area contributed by atoms with Gasteiger partial charge < -0.3 is 5.32 Å². The van der Waals surface area contributed by atoms with E-state index in [2.05, 4.69) is 5.32 Å². The van der Waals surface area contributed by atoms with Crippen LogP contribution in [0.2, 0.25) is 0 Å². The minimum Gasteiger partial charge on any atom is -0.355 e. The van der Waals surface area contributed by atoms with Gasteiger partial charge in [0.1, 0.15) is 0 Å². The number of rotatable bonds is 5. The summed E-state index contributed by atoms with van der Waals surface area (Å²) in [6.45, 7) is 0.818. The average molecular weight is 254 g/mol. The van der Waals surface area contributed by atoms with Crippen molar-refractivity contribution in [3.63, 3.8) is 0 Å². The number of carbonyl (C=O) groups is 1. The van der Waals surface area contributed by atoms with Gasteiger partial charge in [-0.05, 0) is 6.42 Å². The van der Waals surface area contributed by atoms with E-state index in [0.29, 0.717) is 17.6 Å². The second-order valence-electron chi connectivity index (χ2n) is 3.16. The average Bonchev–Trinajstić information content (AvgIpc) is 2.25. The molecule has 1 amide bonds. The Morgan fingerprint density at radius 1 is 1.50 bits per heavy atom. The predicted molar refractivity (Wildman–Crippen MR) is 66.5 cm³/mol. The summed E-state index contributed by atoms with van der Waals surface area (Å²) in [5.41, 5.74) is 0. The van der Waals surface area contributed by atoms with E-state index in [1.165, 1.54) is 17.3 Å². The van der Waals surface area contributed by atoms with Crippen molar-refractivity contribution in [2.24, 2.45) is 0 Å². The van der Waals surface area contributed by atoms with Crippen molar-refractivity contribution in [2.45, 2.75) is 18.1 Å². The second-order valence-corrected chi connectivity index (χ2v) is 6.10. The molecule has 14 heavy (non-hydrogen) atoms. The normalized spacial score (nSPS) is 21.9. The Hall–Kier alpha value is 0.460. The maximum Gasteiger partial charge on any atom is 0.220 e. The first-order chi connectivity index (χ1) is 6.83. The fraction of sp³-hybridized carbons (Fsp3) is 0.889. The Kier molecular flexibility index (Phi) is 6.90. The van der Waals surface area contributed by atoms with Gasteiger partial charge in [0, 0.05) is 41.4 Å². The van der Waals surface area contributed by atoms with E-state index in [1.54, 1.807) is 0 Å². The number of hydrogen-bond acceptors (Lipinski definition) is 3. The second kappa shape index (κ2) is 7.71. The van der Waals surface area contributed by atoms with Gasteiger partial charge in [-0.15, -0.1) is 11.6 Å². The monoisotopic (exact) mass is 253 g/mol. The highest BCUT2D eigenvalue weighted by atomic mass is 35.5. The van der Waals surface area contributed by atoms with Gasteiger partial charge in [0.15, 0.2) is 0 Å². The highest BCUT2D eigenvalue weighted by Gasteiger charge is 2.14. The Bertz CT molecular complexity index is 174. The lowest BCUT2D eigenvalue weighted by molar-refractivity contribution is -0.121. The van der Waals surface area contributed by atoms with Crippen molar-refractivity contribution in [3.8, 4) is 0 Å². The Labute approximate surface area is 98.9 Å². The van der Waals surface area contributed by atoms with Gasteiger partial charge in [-0.3, -0.25) is 4.79 Å². The van der Waals surface area contributed by atoms with Gasteiger partial charge in [-0.1, -0.05) is 0 Å². The highest BCUT2D eigenvalue weighted by Crippen LogP contribution is 2.23. The molecule has 0 radical (unpaired) electrons. The van der Waals surface area contributed by atoms with Crippen LogP contribution in [0.3, 0.4) is 0 Å². The summed E-state index contributed by atoms with van der Waals surface area (Å²) in [7, 11) is 0. The van der Waals surface area contributed by atoms with Crippen molar-refractivity contribution in [2.75, 3.05) is 29.7 Å². The van der Waals surface area contributed by atoms with Crippen molar-refractivity contribution in [1.82, 2.24) is 5.32 Å². The van der Waals surface area contributed by atoms with Gasteiger partial charge in [0.2, 0.25) is 5.91 Å². The first-order valence-electron chi connectivity index (χ1n) is 4.85. The Morgan fingerprint density at radius 3 is 3.00 bits per heavy atom. The highest BCUT2D eigenvalue weighted by molar-refractivity contribution is 8.06. The maximum atomic E-state index is 11.3. The van der Waals surface area contributed by atoms with E-state index in [-0.39, 0.29) is 5.91 Å². The first-order valence-corrected chi connectivity index (χ1v) is 7.58. The van der Waals surface area contributed by atoms with Crippen LogP contribution < -0.4 is 5.32 Å². The third-order valence-electron chi connectivity index (χ3n) is 1.95. The molecular formula is C9H16ClNOS2. The minimum atomic E-state index is 0.141. The molecule has 1 fully saturated rings. The van der Waals surface area contributed by atoms with Gasteiger partial charge in [-0.25, -0.2) is 0 Å². The summed E-state index contributed by atoms with van der Waals surface area (Å²) in [6, 6.07) is 0. The Morgan fingerprint density at radius 2 is 2.36 bits per heavy atom. The van der Waals surface area contributed by atoms with E-state index in [9.17, 15) is 4.79 Å². The molecule has 1 unspecified atom stereocenters.